The highest BCUT2D eigenvalue weighted by Crippen LogP contribution is 2.33. The fourth-order valence-corrected chi connectivity index (χ4v) is 4.19. The number of sulfonamides is 1. The van der Waals surface area contributed by atoms with Crippen molar-refractivity contribution in [3.63, 3.8) is 0 Å². The molecular formula is C22H16N2O4S. The number of nitrogens with zero attached hydrogens (tertiary/aromatic N) is 1. The maximum Gasteiger partial charge on any atom is 0.354 e. The first-order valence-corrected chi connectivity index (χ1v) is 10.2. The lowest BCUT2D eigenvalue weighted by atomic mass is 9.99. The minimum Gasteiger partial charge on any atom is -0.477 e. The molecule has 0 unspecified atom stereocenters. The van der Waals surface area contributed by atoms with Gasteiger partial charge < -0.3 is 5.11 Å². The molecule has 0 atom stereocenters. The zero-order chi connectivity index (χ0) is 20.4. The van der Waals surface area contributed by atoms with E-state index in [2.05, 4.69) is 9.71 Å². The predicted molar refractivity (Wildman–Crippen MR) is 111 cm³/mol. The van der Waals surface area contributed by atoms with E-state index in [1.807, 2.05) is 30.3 Å². The first-order valence-electron chi connectivity index (χ1n) is 8.76. The fraction of sp³-hybridized carbons (Fsp3) is 0. The number of carboxylic acids is 1. The second-order valence-corrected chi connectivity index (χ2v) is 8.03. The highest BCUT2D eigenvalue weighted by Gasteiger charge is 2.19. The molecule has 4 rings (SSSR count). The maximum atomic E-state index is 12.8. The summed E-state index contributed by atoms with van der Waals surface area (Å²) in [6.07, 6.45) is 0. The van der Waals surface area contributed by atoms with Gasteiger partial charge in [-0.15, -0.1) is 0 Å². The molecule has 0 aliphatic rings. The van der Waals surface area contributed by atoms with Crippen molar-refractivity contribution in [1.29, 1.82) is 0 Å². The lowest BCUT2D eigenvalue weighted by Crippen LogP contribution is -2.13. The van der Waals surface area contributed by atoms with Gasteiger partial charge in [-0.1, -0.05) is 60.7 Å². The molecule has 7 heteroatoms. The van der Waals surface area contributed by atoms with E-state index in [-0.39, 0.29) is 21.8 Å². The Morgan fingerprint density at radius 3 is 2.17 bits per heavy atom. The van der Waals surface area contributed by atoms with Gasteiger partial charge >= 0.3 is 5.97 Å². The smallest absolute Gasteiger partial charge is 0.354 e. The van der Waals surface area contributed by atoms with Crippen molar-refractivity contribution >= 4 is 32.6 Å². The SMILES string of the molecule is O=C(O)c1cc(-c2ccccc2)c2cccc(NS(=O)(=O)c3ccccc3)c2n1. The Bertz CT molecular complexity index is 1300. The first kappa shape index (κ1) is 18.6. The molecule has 0 aliphatic carbocycles. The first-order chi connectivity index (χ1) is 14.0. The largest absolute Gasteiger partial charge is 0.477 e. The number of rotatable bonds is 5. The predicted octanol–water partition coefficient (Wildman–Crippen LogP) is 4.40. The van der Waals surface area contributed by atoms with Gasteiger partial charge in [0.15, 0.2) is 0 Å². The standard InChI is InChI=1S/C22H16N2O4S/c25-22(26)20-14-18(15-8-3-1-4-9-15)17-12-7-13-19(21(17)23-20)24-29(27,28)16-10-5-2-6-11-16/h1-14,24H,(H,25,26). The highest BCUT2D eigenvalue weighted by atomic mass is 32.2. The summed E-state index contributed by atoms with van der Waals surface area (Å²) in [5.74, 6) is -1.19. The lowest BCUT2D eigenvalue weighted by Gasteiger charge is -2.13. The van der Waals surface area contributed by atoms with Crippen LogP contribution in [0.2, 0.25) is 0 Å². The van der Waals surface area contributed by atoms with Gasteiger partial charge in [0.2, 0.25) is 0 Å². The molecule has 0 amide bonds. The van der Waals surface area contributed by atoms with E-state index in [0.717, 1.165) is 5.56 Å². The van der Waals surface area contributed by atoms with Crippen LogP contribution in [0.25, 0.3) is 22.0 Å². The van der Waals surface area contributed by atoms with Crippen LogP contribution in [0.3, 0.4) is 0 Å². The molecule has 4 aromatic rings. The van der Waals surface area contributed by atoms with Crippen LogP contribution in [-0.4, -0.2) is 24.5 Å². The van der Waals surface area contributed by atoms with E-state index in [9.17, 15) is 18.3 Å². The Balaban J connectivity index is 1.93. The number of anilines is 1. The zero-order valence-electron chi connectivity index (χ0n) is 15.1. The summed E-state index contributed by atoms with van der Waals surface area (Å²) in [6, 6.07) is 23.8. The fourth-order valence-electron chi connectivity index (χ4n) is 3.10. The summed E-state index contributed by atoms with van der Waals surface area (Å²) in [7, 11) is -3.85. The van der Waals surface area contributed by atoms with E-state index >= 15 is 0 Å². The molecule has 6 nitrogen and oxygen atoms in total. The summed E-state index contributed by atoms with van der Waals surface area (Å²) in [5.41, 5.74) is 1.79. The molecule has 0 bridgehead atoms. The normalized spacial score (nSPS) is 11.3. The lowest BCUT2D eigenvalue weighted by molar-refractivity contribution is 0.0691. The van der Waals surface area contributed by atoms with E-state index in [4.69, 9.17) is 0 Å². The third-order valence-corrected chi connectivity index (χ3v) is 5.82. The van der Waals surface area contributed by atoms with Crippen LogP contribution >= 0.6 is 0 Å². The number of benzene rings is 3. The van der Waals surface area contributed by atoms with E-state index in [0.29, 0.717) is 10.9 Å². The van der Waals surface area contributed by atoms with Gasteiger partial charge in [0, 0.05) is 5.39 Å². The summed E-state index contributed by atoms with van der Waals surface area (Å²) < 4.78 is 28.1. The van der Waals surface area contributed by atoms with Crippen LogP contribution in [-0.2, 0) is 10.0 Å². The van der Waals surface area contributed by atoms with Gasteiger partial charge in [0.05, 0.1) is 16.1 Å². The number of fused-ring (bicyclic) bond motifs is 1. The molecule has 2 N–H and O–H groups in total. The van der Waals surface area contributed by atoms with E-state index in [1.54, 1.807) is 36.4 Å². The van der Waals surface area contributed by atoms with Crippen LogP contribution in [0.1, 0.15) is 10.5 Å². The van der Waals surface area contributed by atoms with Crippen molar-refractivity contribution < 1.29 is 18.3 Å². The minimum absolute atomic E-state index is 0.106. The van der Waals surface area contributed by atoms with Gasteiger partial charge in [-0.25, -0.2) is 18.2 Å². The van der Waals surface area contributed by atoms with Crippen LogP contribution in [0.4, 0.5) is 5.69 Å². The van der Waals surface area contributed by atoms with Crippen molar-refractivity contribution in [2.45, 2.75) is 4.90 Å². The average Bonchev–Trinajstić information content (AvgIpc) is 2.74. The number of carbonyl (C=O) groups is 1. The molecule has 144 valence electrons. The number of para-hydroxylation sites is 1. The molecule has 0 radical (unpaired) electrons. The molecule has 1 heterocycles. The Hall–Kier alpha value is -3.71. The number of hydrogen-bond donors (Lipinski definition) is 2. The molecule has 0 spiro atoms. The average molecular weight is 404 g/mol. The van der Waals surface area contributed by atoms with Crippen molar-refractivity contribution in [1.82, 2.24) is 4.98 Å². The Kier molecular flexibility index (Phi) is 4.74. The molecule has 3 aromatic carbocycles. The quantitative estimate of drug-likeness (QED) is 0.514. The van der Waals surface area contributed by atoms with Crippen molar-refractivity contribution in [2.75, 3.05) is 4.72 Å². The summed E-state index contributed by atoms with van der Waals surface area (Å²) >= 11 is 0. The second kappa shape index (κ2) is 7.37. The number of aromatic carboxylic acids is 1. The summed E-state index contributed by atoms with van der Waals surface area (Å²) in [4.78, 5) is 16.0. The number of nitrogens with one attached hydrogen (secondary N) is 1. The minimum atomic E-state index is -3.85. The molecule has 0 fully saturated rings. The van der Waals surface area contributed by atoms with Gasteiger partial charge in [-0.3, -0.25) is 4.72 Å². The van der Waals surface area contributed by atoms with Crippen LogP contribution < -0.4 is 4.72 Å². The second-order valence-electron chi connectivity index (χ2n) is 6.35. The number of carboxylic acid groups (broad SMARTS) is 1. The Morgan fingerprint density at radius 2 is 1.52 bits per heavy atom. The Labute approximate surface area is 167 Å². The number of aromatic nitrogens is 1. The third-order valence-electron chi connectivity index (χ3n) is 4.44. The zero-order valence-corrected chi connectivity index (χ0v) is 15.9. The topological polar surface area (TPSA) is 96.4 Å². The summed E-state index contributed by atoms with van der Waals surface area (Å²) in [6.45, 7) is 0. The Morgan fingerprint density at radius 1 is 0.862 bits per heavy atom. The van der Waals surface area contributed by atoms with Gasteiger partial charge in [-0.05, 0) is 35.4 Å². The molecular weight excluding hydrogens is 388 g/mol. The monoisotopic (exact) mass is 404 g/mol. The van der Waals surface area contributed by atoms with E-state index < -0.39 is 16.0 Å². The van der Waals surface area contributed by atoms with Gasteiger partial charge in [0.25, 0.3) is 10.0 Å². The number of pyridine rings is 1. The molecule has 1 aromatic heterocycles. The van der Waals surface area contributed by atoms with Crippen LogP contribution in [0.5, 0.6) is 0 Å². The van der Waals surface area contributed by atoms with Crippen molar-refractivity contribution in [3.05, 3.63) is 90.6 Å². The molecule has 0 saturated carbocycles. The molecule has 29 heavy (non-hydrogen) atoms. The summed E-state index contributed by atoms with van der Waals surface area (Å²) in [5, 5.41) is 10.2. The third kappa shape index (κ3) is 3.68. The van der Waals surface area contributed by atoms with Gasteiger partial charge in [0.1, 0.15) is 5.69 Å². The van der Waals surface area contributed by atoms with E-state index in [1.165, 1.54) is 18.2 Å². The van der Waals surface area contributed by atoms with Crippen molar-refractivity contribution in [3.8, 4) is 11.1 Å². The maximum absolute atomic E-state index is 12.8. The van der Waals surface area contributed by atoms with Gasteiger partial charge in [-0.2, -0.15) is 0 Å². The molecule has 0 saturated heterocycles. The highest BCUT2D eigenvalue weighted by molar-refractivity contribution is 7.92. The molecule has 0 aliphatic heterocycles. The number of hydrogen-bond acceptors (Lipinski definition) is 4. The van der Waals surface area contributed by atoms with Crippen LogP contribution in [0.15, 0.2) is 89.8 Å². The van der Waals surface area contributed by atoms with Crippen LogP contribution in [0, 0.1) is 0 Å². The van der Waals surface area contributed by atoms with Crippen molar-refractivity contribution in [2.24, 2.45) is 0 Å².